The van der Waals surface area contributed by atoms with E-state index in [1.807, 2.05) is 84.9 Å². The Kier molecular flexibility index (Phi) is 11.0. The van der Waals surface area contributed by atoms with Crippen molar-refractivity contribution in [1.82, 2.24) is 15.1 Å². The van der Waals surface area contributed by atoms with E-state index in [9.17, 15) is 30.0 Å². The Balaban J connectivity index is 1.53. The van der Waals surface area contributed by atoms with E-state index in [2.05, 4.69) is 5.32 Å². The van der Waals surface area contributed by atoms with Crippen LogP contribution in [0.3, 0.4) is 0 Å². The number of hydrogen-bond acceptors (Lipinski definition) is 5. The molecule has 2 amide bonds. The number of hydrogen-bond donors (Lipinski definition) is 5. The second-order valence-corrected chi connectivity index (χ2v) is 12.6. The number of aryl methyl sites for hydroxylation is 1. The van der Waals surface area contributed by atoms with Gasteiger partial charge < -0.3 is 25.7 Å². The minimum Gasteiger partial charge on any atom is -0.465 e. The molecule has 0 aromatic heterocycles. The summed E-state index contributed by atoms with van der Waals surface area (Å²) >= 11 is 0. The first-order chi connectivity index (χ1) is 21.0. The average Bonchev–Trinajstić information content (AvgIpc) is 3.40. The van der Waals surface area contributed by atoms with Crippen LogP contribution in [-0.2, 0) is 19.3 Å². The summed E-state index contributed by atoms with van der Waals surface area (Å²) in [6.07, 6.45) is -2.41. The maximum atomic E-state index is 12.8. The van der Waals surface area contributed by atoms with Gasteiger partial charge >= 0.3 is 12.2 Å². The Labute approximate surface area is 259 Å². The summed E-state index contributed by atoms with van der Waals surface area (Å²) in [7, 11) is 0. The Morgan fingerprint density at radius 2 is 1.27 bits per heavy atom. The fraction of sp³-hybridized carbons (Fsp3) is 0.429. The molecule has 5 atom stereocenters. The van der Waals surface area contributed by atoms with Gasteiger partial charge in [-0.1, -0.05) is 84.9 Å². The largest absolute Gasteiger partial charge is 0.465 e. The van der Waals surface area contributed by atoms with Crippen molar-refractivity contribution in [1.29, 1.82) is 0 Å². The minimum atomic E-state index is -1.13. The van der Waals surface area contributed by atoms with Crippen molar-refractivity contribution in [3.05, 3.63) is 107 Å². The summed E-state index contributed by atoms with van der Waals surface area (Å²) in [5.41, 5.74) is 3.10. The Morgan fingerprint density at radius 1 is 0.773 bits per heavy atom. The topological polar surface area (TPSA) is 134 Å². The molecule has 5 N–H and O–H groups in total. The highest BCUT2D eigenvalue weighted by Crippen LogP contribution is 2.38. The van der Waals surface area contributed by atoms with Crippen LogP contribution in [0, 0.1) is 0 Å². The third kappa shape index (κ3) is 8.16. The van der Waals surface area contributed by atoms with Crippen molar-refractivity contribution in [2.45, 2.75) is 82.3 Å². The van der Waals surface area contributed by atoms with Crippen molar-refractivity contribution < 1.29 is 30.0 Å². The molecular weight excluding hydrogens is 558 g/mol. The normalized spacial score (nSPS) is 17.2. The highest BCUT2D eigenvalue weighted by atomic mass is 16.4. The van der Waals surface area contributed by atoms with E-state index in [0.29, 0.717) is 19.3 Å². The lowest BCUT2D eigenvalue weighted by molar-refractivity contribution is 0.00292. The van der Waals surface area contributed by atoms with Gasteiger partial charge in [-0.3, -0.25) is 9.80 Å². The van der Waals surface area contributed by atoms with Gasteiger partial charge in [-0.25, -0.2) is 9.59 Å². The number of benzene rings is 3. The number of nitrogens with one attached hydrogen (secondary N) is 1. The molecule has 236 valence electrons. The molecule has 0 aliphatic heterocycles. The van der Waals surface area contributed by atoms with Crippen LogP contribution in [0.25, 0.3) is 0 Å². The molecule has 9 nitrogen and oxygen atoms in total. The zero-order valence-corrected chi connectivity index (χ0v) is 25.7. The standard InChI is InChI=1S/C35H45N3O6/c1-35(2,3)38(34(43)44)30(21-25-14-8-5-9-15-25)32(40)23-36-22-31(39)29(20-24-12-6-4-7-13-24)37(33(41)42)28-19-18-26-16-10-11-17-27(26)28/h4-17,28-32,36,39-40H,18-23H2,1-3H3,(H,41,42)(H,43,44)/t28-,29-,30-,31+,32+/m0/s1. The van der Waals surface area contributed by atoms with Crippen LogP contribution >= 0.6 is 0 Å². The Bertz CT molecular complexity index is 1360. The lowest BCUT2D eigenvalue weighted by Gasteiger charge is -2.42. The van der Waals surface area contributed by atoms with Crippen LogP contribution in [-0.4, -0.2) is 85.3 Å². The van der Waals surface area contributed by atoms with E-state index in [4.69, 9.17) is 0 Å². The van der Waals surface area contributed by atoms with Crippen molar-refractivity contribution in [2.75, 3.05) is 13.1 Å². The molecule has 0 spiro atoms. The first-order valence-electron chi connectivity index (χ1n) is 15.2. The van der Waals surface area contributed by atoms with Crippen LogP contribution in [0.2, 0.25) is 0 Å². The Hall–Kier alpha value is -3.92. The van der Waals surface area contributed by atoms with Gasteiger partial charge in [0.2, 0.25) is 0 Å². The molecule has 44 heavy (non-hydrogen) atoms. The molecular formula is C35H45N3O6. The maximum Gasteiger partial charge on any atom is 0.408 e. The maximum absolute atomic E-state index is 12.8. The van der Waals surface area contributed by atoms with Crippen LogP contribution in [0.4, 0.5) is 9.59 Å². The van der Waals surface area contributed by atoms with E-state index in [0.717, 1.165) is 28.7 Å². The highest BCUT2D eigenvalue weighted by molar-refractivity contribution is 5.67. The quantitative estimate of drug-likeness (QED) is 0.186. The SMILES string of the molecule is CC(C)(C)N(C(=O)O)[C@@H](Cc1ccccc1)[C@H](O)CNC[C@@H](O)[C@H](Cc1ccccc1)N(C(=O)O)[C@H]1CCc2ccccc21. The number of fused-ring (bicyclic) bond motifs is 1. The van der Waals surface area contributed by atoms with Crippen molar-refractivity contribution in [3.8, 4) is 0 Å². The van der Waals surface area contributed by atoms with Crippen LogP contribution in [0.1, 0.15) is 55.5 Å². The molecule has 3 aromatic carbocycles. The van der Waals surface area contributed by atoms with Crippen molar-refractivity contribution in [3.63, 3.8) is 0 Å². The van der Waals surface area contributed by atoms with Crippen LogP contribution in [0.15, 0.2) is 84.9 Å². The number of carbonyl (C=O) groups is 2. The molecule has 0 unspecified atom stereocenters. The number of rotatable bonds is 13. The monoisotopic (exact) mass is 603 g/mol. The smallest absolute Gasteiger partial charge is 0.408 e. The van der Waals surface area contributed by atoms with Gasteiger partial charge in [-0.05, 0) is 68.7 Å². The summed E-state index contributed by atoms with van der Waals surface area (Å²) in [5, 5.41) is 46.6. The number of aliphatic hydroxyl groups excluding tert-OH is 2. The predicted octanol–water partition coefficient (Wildman–Crippen LogP) is 4.97. The van der Waals surface area contributed by atoms with Gasteiger partial charge in [0, 0.05) is 18.6 Å². The van der Waals surface area contributed by atoms with E-state index in [-0.39, 0.29) is 19.1 Å². The molecule has 0 radical (unpaired) electrons. The fourth-order valence-electron chi connectivity index (χ4n) is 6.44. The number of carboxylic acid groups (broad SMARTS) is 2. The van der Waals surface area contributed by atoms with E-state index < -0.39 is 42.0 Å². The van der Waals surface area contributed by atoms with Crippen molar-refractivity contribution >= 4 is 12.2 Å². The summed E-state index contributed by atoms with van der Waals surface area (Å²) < 4.78 is 0. The number of nitrogens with zero attached hydrogens (tertiary/aromatic N) is 2. The third-order valence-corrected chi connectivity index (χ3v) is 8.45. The van der Waals surface area contributed by atoms with Gasteiger partial charge in [0.25, 0.3) is 0 Å². The second-order valence-electron chi connectivity index (χ2n) is 12.6. The highest BCUT2D eigenvalue weighted by Gasteiger charge is 2.40. The second kappa shape index (κ2) is 14.7. The minimum absolute atomic E-state index is 0.00576. The van der Waals surface area contributed by atoms with Gasteiger partial charge in [-0.2, -0.15) is 0 Å². The number of aliphatic hydroxyl groups is 2. The molecule has 0 fully saturated rings. The van der Waals surface area contributed by atoms with Gasteiger partial charge in [0.05, 0.1) is 30.3 Å². The summed E-state index contributed by atoms with van der Waals surface area (Å²) in [5.74, 6) is 0. The predicted molar refractivity (Wildman–Crippen MR) is 170 cm³/mol. The molecule has 1 aliphatic rings. The fourth-order valence-corrected chi connectivity index (χ4v) is 6.44. The molecule has 0 heterocycles. The Morgan fingerprint density at radius 3 is 1.80 bits per heavy atom. The molecule has 4 rings (SSSR count). The van der Waals surface area contributed by atoms with E-state index in [1.54, 1.807) is 20.8 Å². The van der Waals surface area contributed by atoms with E-state index >= 15 is 0 Å². The first kappa shape index (κ1) is 33.0. The summed E-state index contributed by atoms with van der Waals surface area (Å²) in [4.78, 5) is 27.9. The van der Waals surface area contributed by atoms with Gasteiger partial charge in [0.1, 0.15) is 0 Å². The molecule has 0 bridgehead atoms. The zero-order chi connectivity index (χ0) is 31.9. The molecule has 1 aliphatic carbocycles. The lowest BCUT2D eigenvalue weighted by atomic mass is 9.94. The van der Waals surface area contributed by atoms with E-state index in [1.165, 1.54) is 9.80 Å². The van der Waals surface area contributed by atoms with Crippen molar-refractivity contribution in [2.24, 2.45) is 0 Å². The molecule has 9 heteroatoms. The average molecular weight is 604 g/mol. The van der Waals surface area contributed by atoms with Gasteiger partial charge in [-0.15, -0.1) is 0 Å². The zero-order valence-electron chi connectivity index (χ0n) is 25.7. The van der Waals surface area contributed by atoms with Gasteiger partial charge in [0.15, 0.2) is 0 Å². The van der Waals surface area contributed by atoms with Crippen LogP contribution < -0.4 is 5.32 Å². The first-order valence-corrected chi connectivity index (χ1v) is 15.2. The summed E-state index contributed by atoms with van der Waals surface area (Å²) in [6.45, 7) is 5.38. The lowest BCUT2D eigenvalue weighted by Crippen LogP contribution is -2.58. The molecule has 3 aromatic rings. The third-order valence-electron chi connectivity index (χ3n) is 8.45. The van der Waals surface area contributed by atoms with Crippen LogP contribution in [0.5, 0.6) is 0 Å². The summed E-state index contributed by atoms with van der Waals surface area (Å²) in [6, 6.07) is 24.9. The molecule has 0 saturated heterocycles. The molecule has 0 saturated carbocycles. The number of amides is 2.